The normalized spacial score (nSPS) is 10.9. The minimum absolute atomic E-state index is 0.614. The molecular weight excluding hydrogens is 210 g/mol. The van der Waals surface area contributed by atoms with Gasteiger partial charge in [-0.05, 0) is 20.0 Å². The SMILES string of the molecule is CNCCCOCCOCCOCCOC. The first-order valence-corrected chi connectivity index (χ1v) is 5.78. The summed E-state index contributed by atoms with van der Waals surface area (Å²) in [6.07, 6.45) is 1.04. The van der Waals surface area contributed by atoms with Crippen LogP contribution in [0, 0.1) is 0 Å². The van der Waals surface area contributed by atoms with Gasteiger partial charge in [0.15, 0.2) is 0 Å². The van der Waals surface area contributed by atoms with Gasteiger partial charge >= 0.3 is 0 Å². The fourth-order valence-electron chi connectivity index (χ4n) is 1.04. The van der Waals surface area contributed by atoms with Crippen molar-refractivity contribution in [3.8, 4) is 0 Å². The van der Waals surface area contributed by atoms with Crippen molar-refractivity contribution in [1.82, 2.24) is 5.32 Å². The van der Waals surface area contributed by atoms with Gasteiger partial charge in [-0.3, -0.25) is 0 Å². The minimum Gasteiger partial charge on any atom is -0.382 e. The monoisotopic (exact) mass is 235 g/mol. The zero-order valence-electron chi connectivity index (χ0n) is 10.5. The van der Waals surface area contributed by atoms with E-state index in [9.17, 15) is 0 Å². The van der Waals surface area contributed by atoms with Crippen LogP contribution in [0.3, 0.4) is 0 Å². The van der Waals surface area contributed by atoms with Crippen molar-refractivity contribution in [3.63, 3.8) is 0 Å². The van der Waals surface area contributed by atoms with Crippen LogP contribution >= 0.6 is 0 Å². The zero-order valence-corrected chi connectivity index (χ0v) is 10.5. The lowest BCUT2D eigenvalue weighted by Gasteiger charge is -2.06. The van der Waals surface area contributed by atoms with Gasteiger partial charge in [0, 0.05) is 13.7 Å². The van der Waals surface area contributed by atoms with E-state index in [0.29, 0.717) is 39.6 Å². The molecule has 0 heterocycles. The Bertz CT molecular complexity index is 111. The Morgan fingerprint density at radius 2 is 1.25 bits per heavy atom. The van der Waals surface area contributed by atoms with Crippen LogP contribution in [0.4, 0.5) is 0 Å². The summed E-state index contributed by atoms with van der Waals surface area (Å²) in [5.41, 5.74) is 0. The molecule has 0 unspecified atom stereocenters. The highest BCUT2D eigenvalue weighted by molar-refractivity contribution is 4.39. The quantitative estimate of drug-likeness (QED) is 0.465. The lowest BCUT2D eigenvalue weighted by molar-refractivity contribution is 0.00348. The molecule has 0 aliphatic carbocycles. The highest BCUT2D eigenvalue weighted by Crippen LogP contribution is 1.83. The van der Waals surface area contributed by atoms with Crippen molar-refractivity contribution in [2.45, 2.75) is 6.42 Å². The van der Waals surface area contributed by atoms with Crippen molar-refractivity contribution >= 4 is 0 Å². The van der Waals surface area contributed by atoms with Crippen LogP contribution in [-0.4, -0.2) is 67.0 Å². The smallest absolute Gasteiger partial charge is 0.0701 e. The second kappa shape index (κ2) is 14.8. The van der Waals surface area contributed by atoms with Gasteiger partial charge in [-0.25, -0.2) is 0 Å². The van der Waals surface area contributed by atoms with E-state index in [2.05, 4.69) is 5.32 Å². The molecule has 98 valence electrons. The number of ether oxygens (including phenoxy) is 4. The summed E-state index contributed by atoms with van der Waals surface area (Å²) in [4.78, 5) is 0. The standard InChI is InChI=1S/C11H25NO4/c1-12-4-3-5-14-8-9-16-11-10-15-7-6-13-2/h12H,3-11H2,1-2H3. The van der Waals surface area contributed by atoms with Crippen molar-refractivity contribution in [1.29, 1.82) is 0 Å². The Morgan fingerprint density at radius 1 is 0.750 bits per heavy atom. The topological polar surface area (TPSA) is 49.0 Å². The van der Waals surface area contributed by atoms with Crippen LogP contribution in [0.15, 0.2) is 0 Å². The van der Waals surface area contributed by atoms with Crippen LogP contribution < -0.4 is 5.32 Å². The van der Waals surface area contributed by atoms with Crippen LogP contribution in [-0.2, 0) is 18.9 Å². The van der Waals surface area contributed by atoms with Crippen LogP contribution in [0.1, 0.15) is 6.42 Å². The van der Waals surface area contributed by atoms with Crippen LogP contribution in [0.25, 0.3) is 0 Å². The van der Waals surface area contributed by atoms with E-state index >= 15 is 0 Å². The maximum atomic E-state index is 5.36. The maximum absolute atomic E-state index is 5.36. The third-order valence-corrected chi connectivity index (χ3v) is 1.89. The first-order chi connectivity index (χ1) is 7.91. The second-order valence-corrected chi connectivity index (χ2v) is 3.29. The van der Waals surface area contributed by atoms with E-state index in [1.807, 2.05) is 7.05 Å². The Labute approximate surface area is 98.4 Å². The van der Waals surface area contributed by atoms with Crippen LogP contribution in [0.2, 0.25) is 0 Å². The number of nitrogens with one attached hydrogen (secondary N) is 1. The summed E-state index contributed by atoms with van der Waals surface area (Å²) in [6.45, 7) is 5.55. The summed E-state index contributed by atoms with van der Waals surface area (Å²) in [7, 11) is 3.60. The van der Waals surface area contributed by atoms with E-state index in [0.717, 1.165) is 19.6 Å². The summed E-state index contributed by atoms with van der Waals surface area (Å²) in [6, 6.07) is 0. The number of rotatable bonds is 13. The average molecular weight is 235 g/mol. The fraction of sp³-hybridized carbons (Fsp3) is 1.00. The fourth-order valence-corrected chi connectivity index (χ4v) is 1.04. The molecule has 0 rings (SSSR count). The van der Waals surface area contributed by atoms with Gasteiger partial charge < -0.3 is 24.3 Å². The summed E-state index contributed by atoms with van der Waals surface area (Å²) in [5, 5.41) is 3.07. The highest BCUT2D eigenvalue weighted by Gasteiger charge is 1.91. The van der Waals surface area contributed by atoms with E-state index in [4.69, 9.17) is 18.9 Å². The lowest BCUT2D eigenvalue weighted by Crippen LogP contribution is -2.13. The van der Waals surface area contributed by atoms with Gasteiger partial charge in [0.25, 0.3) is 0 Å². The van der Waals surface area contributed by atoms with Gasteiger partial charge in [-0.2, -0.15) is 0 Å². The molecule has 0 fully saturated rings. The molecule has 0 amide bonds. The third kappa shape index (κ3) is 13.8. The summed E-state index contributed by atoms with van der Waals surface area (Å²) < 4.78 is 20.7. The van der Waals surface area contributed by atoms with E-state index < -0.39 is 0 Å². The Hall–Kier alpha value is -0.200. The van der Waals surface area contributed by atoms with E-state index in [1.165, 1.54) is 0 Å². The molecule has 0 aromatic carbocycles. The Kier molecular flexibility index (Phi) is 14.6. The molecule has 0 spiro atoms. The molecule has 0 aliphatic heterocycles. The van der Waals surface area contributed by atoms with Crippen molar-refractivity contribution in [2.75, 3.05) is 67.0 Å². The first kappa shape index (κ1) is 15.8. The van der Waals surface area contributed by atoms with E-state index in [-0.39, 0.29) is 0 Å². The van der Waals surface area contributed by atoms with E-state index in [1.54, 1.807) is 7.11 Å². The molecule has 1 N–H and O–H groups in total. The number of methoxy groups -OCH3 is 1. The predicted octanol–water partition coefficient (Wildman–Crippen LogP) is 0.292. The zero-order chi connectivity index (χ0) is 11.9. The Morgan fingerprint density at radius 3 is 1.75 bits per heavy atom. The molecule has 0 aromatic heterocycles. The molecule has 5 nitrogen and oxygen atoms in total. The Balaban J connectivity index is 2.83. The molecule has 0 radical (unpaired) electrons. The molecule has 0 saturated heterocycles. The average Bonchev–Trinajstić information content (AvgIpc) is 2.31. The van der Waals surface area contributed by atoms with Crippen molar-refractivity contribution in [2.24, 2.45) is 0 Å². The minimum atomic E-state index is 0.614. The summed E-state index contributed by atoms with van der Waals surface area (Å²) >= 11 is 0. The molecule has 5 heteroatoms. The van der Waals surface area contributed by atoms with Crippen LogP contribution in [0.5, 0.6) is 0 Å². The predicted molar refractivity (Wildman–Crippen MR) is 62.9 cm³/mol. The van der Waals surface area contributed by atoms with Gasteiger partial charge in [0.1, 0.15) is 0 Å². The second-order valence-electron chi connectivity index (χ2n) is 3.29. The van der Waals surface area contributed by atoms with Gasteiger partial charge in [0.05, 0.1) is 39.6 Å². The molecule has 16 heavy (non-hydrogen) atoms. The largest absolute Gasteiger partial charge is 0.382 e. The molecule has 0 aliphatic rings. The summed E-state index contributed by atoms with van der Waals surface area (Å²) in [5.74, 6) is 0. The lowest BCUT2D eigenvalue weighted by atomic mass is 10.4. The third-order valence-electron chi connectivity index (χ3n) is 1.89. The molecule has 0 saturated carbocycles. The van der Waals surface area contributed by atoms with Gasteiger partial charge in [-0.1, -0.05) is 0 Å². The molecule has 0 bridgehead atoms. The van der Waals surface area contributed by atoms with Crippen molar-refractivity contribution < 1.29 is 18.9 Å². The maximum Gasteiger partial charge on any atom is 0.0701 e. The number of hydrogen-bond donors (Lipinski definition) is 1. The number of hydrogen-bond acceptors (Lipinski definition) is 5. The van der Waals surface area contributed by atoms with Crippen molar-refractivity contribution in [3.05, 3.63) is 0 Å². The molecule has 0 atom stereocenters. The molecule has 0 aromatic rings. The van der Waals surface area contributed by atoms with Gasteiger partial charge in [-0.15, -0.1) is 0 Å². The first-order valence-electron chi connectivity index (χ1n) is 5.78. The van der Waals surface area contributed by atoms with Gasteiger partial charge in [0.2, 0.25) is 0 Å². The highest BCUT2D eigenvalue weighted by atomic mass is 16.6. The molecular formula is C11H25NO4.